The van der Waals surface area contributed by atoms with Crippen LogP contribution in [0.1, 0.15) is 47.9 Å². The Kier molecular flexibility index (Phi) is 15.2. The van der Waals surface area contributed by atoms with Gasteiger partial charge in [0.2, 0.25) is 0 Å². The van der Waals surface area contributed by atoms with Gasteiger partial charge >= 0.3 is 20.4 Å². The van der Waals surface area contributed by atoms with E-state index in [1.54, 1.807) is 12.1 Å². The van der Waals surface area contributed by atoms with E-state index < -0.39 is 4.30 Å². The van der Waals surface area contributed by atoms with Crippen LogP contribution in [0.2, 0.25) is 0 Å². The molecule has 0 fully saturated rings. The van der Waals surface area contributed by atoms with E-state index in [2.05, 4.69) is 38.0 Å². The van der Waals surface area contributed by atoms with Gasteiger partial charge in [0.05, 0.1) is 0 Å². The molecule has 2 aromatic rings. The zero-order valence-electron chi connectivity index (χ0n) is 21.1. The van der Waals surface area contributed by atoms with E-state index in [1.165, 1.54) is 24.0 Å². The van der Waals surface area contributed by atoms with Crippen molar-refractivity contribution in [2.24, 2.45) is 0 Å². The minimum absolute atomic E-state index is 0. The molecule has 0 aliphatic heterocycles. The van der Waals surface area contributed by atoms with Gasteiger partial charge in [0, 0.05) is 13.1 Å². The maximum atomic E-state index is 12.6. The van der Waals surface area contributed by atoms with Crippen molar-refractivity contribution in [2.75, 3.05) is 41.3 Å². The molecule has 2 aliphatic carbocycles. The molecule has 4 rings (SSSR count). The Hall–Kier alpha value is -0.508. The Labute approximate surface area is 240 Å². The quantitative estimate of drug-likeness (QED) is 0.337. The summed E-state index contributed by atoms with van der Waals surface area (Å²) in [6.45, 7) is 2.29. The number of fused-ring (bicyclic) bond motifs is 2. The SMILES string of the molecule is CN(C)CCN(C)C.ClC(Cl)Cl.[O-]c1ccc2c(c1-c1c([O-])ccc3c1CCCC3)CCCC2.[Pd+2]. The molecule has 198 valence electrons. The van der Waals surface area contributed by atoms with Gasteiger partial charge in [0.15, 0.2) is 4.30 Å². The van der Waals surface area contributed by atoms with Crippen LogP contribution in [-0.2, 0) is 46.1 Å². The third-order valence-electron chi connectivity index (χ3n) is 6.23. The van der Waals surface area contributed by atoms with Crippen molar-refractivity contribution in [3.05, 3.63) is 46.5 Å². The Morgan fingerprint density at radius 1 is 0.657 bits per heavy atom. The Balaban J connectivity index is 0.000000399. The van der Waals surface area contributed by atoms with Crippen LogP contribution in [0.25, 0.3) is 11.1 Å². The second-order valence-electron chi connectivity index (χ2n) is 9.42. The summed E-state index contributed by atoms with van der Waals surface area (Å²) in [6.07, 6.45) is 8.54. The van der Waals surface area contributed by atoms with Crippen molar-refractivity contribution in [3.8, 4) is 22.6 Å². The molecular formula is C27H37Cl3N2O2Pd. The van der Waals surface area contributed by atoms with Crippen molar-refractivity contribution in [1.82, 2.24) is 9.80 Å². The summed E-state index contributed by atoms with van der Waals surface area (Å²) in [5.41, 5.74) is 6.29. The number of nitrogens with zero attached hydrogens (tertiary/aromatic N) is 2. The van der Waals surface area contributed by atoms with E-state index in [0.29, 0.717) is 0 Å². The van der Waals surface area contributed by atoms with Crippen LogP contribution in [0.4, 0.5) is 0 Å². The third kappa shape index (κ3) is 10.4. The van der Waals surface area contributed by atoms with Gasteiger partial charge in [-0.1, -0.05) is 59.1 Å². The van der Waals surface area contributed by atoms with E-state index >= 15 is 0 Å². The molecule has 0 N–H and O–H groups in total. The summed E-state index contributed by atoms with van der Waals surface area (Å²) in [7, 11) is 8.35. The second kappa shape index (κ2) is 16.4. The molecule has 0 saturated heterocycles. The average Bonchev–Trinajstić information content (AvgIpc) is 2.78. The Bertz CT molecular complexity index is 850. The fourth-order valence-corrected chi connectivity index (χ4v) is 4.56. The van der Waals surface area contributed by atoms with Gasteiger partial charge in [0.1, 0.15) is 0 Å². The first-order valence-corrected chi connectivity index (χ1v) is 13.3. The number of hydrogen-bond acceptors (Lipinski definition) is 4. The molecule has 0 heterocycles. The number of halogens is 3. The minimum Gasteiger partial charge on any atom is -0.872 e. The van der Waals surface area contributed by atoms with Gasteiger partial charge < -0.3 is 20.0 Å². The van der Waals surface area contributed by atoms with Crippen LogP contribution in [-0.4, -0.2) is 55.4 Å². The molecule has 0 aromatic heterocycles. The molecule has 8 heteroatoms. The first-order valence-electron chi connectivity index (χ1n) is 12.0. The van der Waals surface area contributed by atoms with E-state index in [-0.39, 0.29) is 31.9 Å². The van der Waals surface area contributed by atoms with E-state index in [0.717, 1.165) is 73.9 Å². The largest absolute Gasteiger partial charge is 2.00 e. The molecule has 0 radical (unpaired) electrons. The van der Waals surface area contributed by atoms with Crippen LogP contribution >= 0.6 is 34.8 Å². The Morgan fingerprint density at radius 3 is 1.29 bits per heavy atom. The first-order chi connectivity index (χ1) is 16.1. The summed E-state index contributed by atoms with van der Waals surface area (Å²) in [4.78, 5) is 4.36. The van der Waals surface area contributed by atoms with E-state index in [4.69, 9.17) is 34.8 Å². The molecular weight excluding hydrogens is 597 g/mol. The van der Waals surface area contributed by atoms with Crippen LogP contribution in [0.15, 0.2) is 24.3 Å². The average molecular weight is 634 g/mol. The fourth-order valence-electron chi connectivity index (χ4n) is 4.56. The molecule has 2 aromatic carbocycles. The maximum absolute atomic E-state index is 12.6. The van der Waals surface area contributed by atoms with Crippen LogP contribution in [0.5, 0.6) is 11.5 Å². The van der Waals surface area contributed by atoms with Crippen LogP contribution in [0.3, 0.4) is 0 Å². The van der Waals surface area contributed by atoms with Crippen LogP contribution in [0, 0.1) is 0 Å². The van der Waals surface area contributed by atoms with Gasteiger partial charge in [-0.3, -0.25) is 0 Å². The Morgan fingerprint density at radius 2 is 0.971 bits per heavy atom. The molecule has 4 nitrogen and oxygen atoms in total. The van der Waals surface area contributed by atoms with Crippen molar-refractivity contribution in [1.29, 1.82) is 0 Å². The fraction of sp³-hybridized carbons (Fsp3) is 0.556. The smallest absolute Gasteiger partial charge is 0.872 e. The normalized spacial score (nSPS) is 14.2. The van der Waals surface area contributed by atoms with E-state index in [9.17, 15) is 10.2 Å². The van der Waals surface area contributed by atoms with Crippen LogP contribution < -0.4 is 10.2 Å². The molecule has 0 bridgehead atoms. The van der Waals surface area contributed by atoms with Gasteiger partial charge in [-0.15, -0.1) is 11.5 Å². The van der Waals surface area contributed by atoms with Crippen molar-refractivity contribution >= 4 is 34.8 Å². The third-order valence-corrected chi connectivity index (χ3v) is 6.23. The van der Waals surface area contributed by atoms with Crippen molar-refractivity contribution < 1.29 is 30.6 Å². The molecule has 0 atom stereocenters. The number of rotatable bonds is 4. The monoisotopic (exact) mass is 632 g/mol. The number of benzene rings is 2. The summed E-state index contributed by atoms with van der Waals surface area (Å²) in [6, 6.07) is 7.28. The predicted octanol–water partition coefficient (Wildman–Crippen LogP) is 5.35. The summed E-state index contributed by atoms with van der Waals surface area (Å²) in [5.74, 6) is 0.0495. The molecule has 2 aliphatic rings. The van der Waals surface area contributed by atoms with Gasteiger partial charge in [0.25, 0.3) is 0 Å². The van der Waals surface area contributed by atoms with Gasteiger partial charge in [-0.2, -0.15) is 0 Å². The number of alkyl halides is 3. The standard InChI is InChI=1S/C20H22O2.C6H16N2.CHCl3.Pd/c21-17-11-9-13-5-1-3-7-15(13)19(17)20-16-8-4-2-6-14(16)10-12-18(20)22;1-7(2)5-6-8(3)4;2-1(3)4;/h9-12,21-22H,1-8H2;5-6H2,1-4H3;1H;/q;;;+2/p-2. The second-order valence-corrected chi connectivity index (χ2v) is 11.4. The molecule has 35 heavy (non-hydrogen) atoms. The van der Waals surface area contributed by atoms with Gasteiger partial charge in [-0.05, 0) is 113 Å². The topological polar surface area (TPSA) is 52.6 Å². The molecule has 0 amide bonds. The maximum Gasteiger partial charge on any atom is 2.00 e. The minimum atomic E-state index is -0.750. The zero-order chi connectivity index (χ0) is 25.3. The first kappa shape index (κ1) is 32.5. The molecule has 0 unspecified atom stereocenters. The zero-order valence-corrected chi connectivity index (χ0v) is 24.9. The van der Waals surface area contributed by atoms with Crippen molar-refractivity contribution in [2.45, 2.75) is 55.7 Å². The van der Waals surface area contributed by atoms with Gasteiger partial charge in [-0.25, -0.2) is 0 Å². The molecule has 0 spiro atoms. The van der Waals surface area contributed by atoms with Crippen molar-refractivity contribution in [3.63, 3.8) is 0 Å². The summed E-state index contributed by atoms with van der Waals surface area (Å²) < 4.78 is -0.750. The number of likely N-dealkylation sites (N-methyl/N-ethyl adjacent to an activating group) is 2. The summed E-state index contributed by atoms with van der Waals surface area (Å²) in [5, 5.41) is 25.2. The molecule has 0 saturated carbocycles. The predicted molar refractivity (Wildman–Crippen MR) is 143 cm³/mol. The number of hydrogen-bond donors (Lipinski definition) is 0. The number of aryl methyl sites for hydroxylation is 2. The van der Waals surface area contributed by atoms with E-state index in [1.807, 2.05) is 12.1 Å². The summed E-state index contributed by atoms with van der Waals surface area (Å²) >= 11 is 14.4.